The van der Waals surface area contributed by atoms with Crippen LogP contribution in [0.5, 0.6) is 5.75 Å². The molecule has 0 saturated carbocycles. The highest BCUT2D eigenvalue weighted by Gasteiger charge is 2.22. The predicted molar refractivity (Wildman–Crippen MR) is 87.5 cm³/mol. The lowest BCUT2D eigenvalue weighted by molar-refractivity contribution is -0.385. The van der Waals surface area contributed by atoms with Crippen LogP contribution >= 0.6 is 11.8 Å². The van der Waals surface area contributed by atoms with Crippen LogP contribution in [0.2, 0.25) is 0 Å². The van der Waals surface area contributed by atoms with Crippen molar-refractivity contribution in [2.75, 3.05) is 24.2 Å². The maximum atomic E-state index is 11.3. The second kappa shape index (κ2) is 8.12. The Bertz CT molecular complexity index is 476. The highest BCUT2D eigenvalue weighted by atomic mass is 32.2. The summed E-state index contributed by atoms with van der Waals surface area (Å²) in [4.78, 5) is 11.0. The molecule has 1 N–H and O–H groups in total. The summed E-state index contributed by atoms with van der Waals surface area (Å²) in [6.45, 7) is 3.24. The van der Waals surface area contributed by atoms with Crippen molar-refractivity contribution in [2.45, 2.75) is 37.9 Å². The summed E-state index contributed by atoms with van der Waals surface area (Å²) < 4.78 is 5.49. The molecule has 0 radical (unpaired) electrons. The number of nitrogens with one attached hydrogen (secondary N) is 1. The third kappa shape index (κ3) is 4.52. The van der Waals surface area contributed by atoms with Gasteiger partial charge in [-0.05, 0) is 37.1 Å². The molecule has 1 unspecified atom stereocenters. The summed E-state index contributed by atoms with van der Waals surface area (Å²) >= 11 is 1.95. The van der Waals surface area contributed by atoms with Gasteiger partial charge in [0, 0.05) is 11.8 Å². The Labute approximate surface area is 129 Å². The SMILES string of the molecule is CCCOc1cccc(NCC2CCCCS2)c1[N+](=O)[O-]. The zero-order valence-electron chi connectivity index (χ0n) is 12.3. The molecule has 0 spiro atoms. The summed E-state index contributed by atoms with van der Waals surface area (Å²) in [7, 11) is 0. The average Bonchev–Trinajstić information content (AvgIpc) is 2.51. The Kier molecular flexibility index (Phi) is 6.17. The van der Waals surface area contributed by atoms with E-state index in [9.17, 15) is 10.1 Å². The number of benzene rings is 1. The first-order valence-electron chi connectivity index (χ1n) is 7.48. The minimum absolute atomic E-state index is 0.0479. The van der Waals surface area contributed by atoms with E-state index in [-0.39, 0.29) is 10.6 Å². The smallest absolute Gasteiger partial charge is 0.333 e. The van der Waals surface area contributed by atoms with E-state index in [1.54, 1.807) is 18.2 Å². The fraction of sp³-hybridized carbons (Fsp3) is 0.600. The molecule has 1 aliphatic rings. The van der Waals surface area contributed by atoms with Crippen LogP contribution in [0.25, 0.3) is 0 Å². The van der Waals surface area contributed by atoms with Gasteiger partial charge in [-0.3, -0.25) is 10.1 Å². The molecule has 0 aliphatic carbocycles. The molecule has 1 heterocycles. The van der Waals surface area contributed by atoms with Crippen LogP contribution in [0, 0.1) is 10.1 Å². The van der Waals surface area contributed by atoms with E-state index >= 15 is 0 Å². The molecule has 1 atom stereocenters. The number of hydrogen-bond donors (Lipinski definition) is 1. The van der Waals surface area contributed by atoms with E-state index in [1.165, 1.54) is 25.0 Å². The highest BCUT2D eigenvalue weighted by molar-refractivity contribution is 7.99. The lowest BCUT2D eigenvalue weighted by atomic mass is 10.2. The monoisotopic (exact) mass is 310 g/mol. The summed E-state index contributed by atoms with van der Waals surface area (Å²) in [5.74, 6) is 1.54. The Hall–Kier alpha value is -1.43. The van der Waals surface area contributed by atoms with E-state index < -0.39 is 0 Å². The summed E-state index contributed by atoms with van der Waals surface area (Å²) in [6.07, 6.45) is 4.54. The van der Waals surface area contributed by atoms with Gasteiger partial charge in [0.05, 0.1) is 11.5 Å². The maximum absolute atomic E-state index is 11.3. The second-order valence-electron chi connectivity index (χ2n) is 5.13. The maximum Gasteiger partial charge on any atom is 0.333 e. The van der Waals surface area contributed by atoms with Crippen LogP contribution in [0.15, 0.2) is 18.2 Å². The van der Waals surface area contributed by atoms with Gasteiger partial charge >= 0.3 is 5.69 Å². The molecule has 0 amide bonds. The number of thioether (sulfide) groups is 1. The van der Waals surface area contributed by atoms with Gasteiger partial charge in [0.2, 0.25) is 0 Å². The first-order chi connectivity index (χ1) is 10.2. The first-order valence-corrected chi connectivity index (χ1v) is 8.53. The highest BCUT2D eigenvalue weighted by Crippen LogP contribution is 2.35. The zero-order valence-corrected chi connectivity index (χ0v) is 13.2. The molecular formula is C15H22N2O3S. The predicted octanol–water partition coefficient (Wildman–Crippen LogP) is 4.08. The van der Waals surface area contributed by atoms with Gasteiger partial charge in [-0.25, -0.2) is 0 Å². The third-order valence-electron chi connectivity index (χ3n) is 3.44. The Morgan fingerprint density at radius 3 is 3.00 bits per heavy atom. The summed E-state index contributed by atoms with van der Waals surface area (Å²) in [5, 5.41) is 15.1. The number of nitro groups is 1. The molecule has 21 heavy (non-hydrogen) atoms. The van der Waals surface area contributed by atoms with Crippen molar-refractivity contribution < 1.29 is 9.66 Å². The van der Waals surface area contributed by atoms with Gasteiger partial charge < -0.3 is 10.1 Å². The molecule has 2 rings (SSSR count). The van der Waals surface area contributed by atoms with Crippen molar-refractivity contribution in [3.05, 3.63) is 28.3 Å². The van der Waals surface area contributed by atoms with Gasteiger partial charge in [0.25, 0.3) is 0 Å². The molecular weight excluding hydrogens is 288 g/mol. The largest absolute Gasteiger partial charge is 0.487 e. The Morgan fingerprint density at radius 1 is 1.48 bits per heavy atom. The summed E-state index contributed by atoms with van der Waals surface area (Å²) in [6, 6.07) is 5.22. The van der Waals surface area contributed by atoms with E-state index in [1.807, 2.05) is 18.7 Å². The number of nitro benzene ring substituents is 1. The number of anilines is 1. The number of ether oxygens (including phenoxy) is 1. The van der Waals surface area contributed by atoms with Crippen LogP contribution < -0.4 is 10.1 Å². The van der Waals surface area contributed by atoms with Crippen molar-refractivity contribution in [3.8, 4) is 5.75 Å². The van der Waals surface area contributed by atoms with E-state index in [4.69, 9.17) is 4.74 Å². The molecule has 1 aliphatic heterocycles. The van der Waals surface area contributed by atoms with Crippen LogP contribution in [-0.2, 0) is 0 Å². The van der Waals surface area contributed by atoms with Crippen LogP contribution in [-0.4, -0.2) is 29.1 Å². The molecule has 5 nitrogen and oxygen atoms in total. The van der Waals surface area contributed by atoms with Crippen LogP contribution in [0.3, 0.4) is 0 Å². The van der Waals surface area contributed by atoms with Crippen molar-refractivity contribution in [1.29, 1.82) is 0 Å². The minimum Gasteiger partial charge on any atom is -0.487 e. The lowest BCUT2D eigenvalue weighted by Crippen LogP contribution is -2.20. The van der Waals surface area contributed by atoms with Gasteiger partial charge in [-0.2, -0.15) is 11.8 Å². The normalized spacial score (nSPS) is 18.2. The van der Waals surface area contributed by atoms with E-state index in [0.717, 1.165) is 13.0 Å². The Morgan fingerprint density at radius 2 is 2.33 bits per heavy atom. The zero-order chi connectivity index (χ0) is 15.1. The Balaban J connectivity index is 2.07. The minimum atomic E-state index is -0.360. The van der Waals surface area contributed by atoms with Crippen LogP contribution in [0.4, 0.5) is 11.4 Å². The molecule has 116 valence electrons. The average molecular weight is 310 g/mol. The van der Waals surface area contributed by atoms with Crippen molar-refractivity contribution in [1.82, 2.24) is 0 Å². The molecule has 6 heteroatoms. The van der Waals surface area contributed by atoms with Gasteiger partial charge in [0.15, 0.2) is 5.75 Å². The first kappa shape index (κ1) is 15.9. The molecule has 0 aromatic heterocycles. The molecule has 1 aromatic carbocycles. The fourth-order valence-corrected chi connectivity index (χ4v) is 3.61. The number of para-hydroxylation sites is 1. The van der Waals surface area contributed by atoms with E-state index in [0.29, 0.717) is 23.3 Å². The van der Waals surface area contributed by atoms with Gasteiger partial charge in [-0.15, -0.1) is 0 Å². The number of hydrogen-bond acceptors (Lipinski definition) is 5. The summed E-state index contributed by atoms with van der Waals surface area (Å²) in [5.41, 5.74) is 0.603. The van der Waals surface area contributed by atoms with Crippen molar-refractivity contribution >= 4 is 23.1 Å². The quantitative estimate of drug-likeness (QED) is 0.607. The standard InChI is InChI=1S/C15H22N2O3S/c1-2-9-20-14-8-5-7-13(15(14)17(18)19)16-11-12-6-3-4-10-21-12/h5,7-8,12,16H,2-4,6,9-11H2,1H3. The molecule has 1 fully saturated rings. The molecule has 1 saturated heterocycles. The number of rotatable bonds is 7. The number of nitrogens with zero attached hydrogens (tertiary/aromatic N) is 1. The lowest BCUT2D eigenvalue weighted by Gasteiger charge is -2.22. The third-order valence-corrected chi connectivity index (χ3v) is 4.84. The second-order valence-corrected chi connectivity index (χ2v) is 6.54. The fourth-order valence-electron chi connectivity index (χ4n) is 2.37. The molecule has 1 aromatic rings. The van der Waals surface area contributed by atoms with Gasteiger partial charge in [0.1, 0.15) is 5.69 Å². The van der Waals surface area contributed by atoms with Crippen molar-refractivity contribution in [2.24, 2.45) is 0 Å². The molecule has 0 bridgehead atoms. The van der Waals surface area contributed by atoms with E-state index in [2.05, 4.69) is 5.32 Å². The van der Waals surface area contributed by atoms with Crippen LogP contribution in [0.1, 0.15) is 32.6 Å². The van der Waals surface area contributed by atoms with Crippen molar-refractivity contribution in [3.63, 3.8) is 0 Å². The topological polar surface area (TPSA) is 64.4 Å². The van der Waals surface area contributed by atoms with Gasteiger partial charge in [-0.1, -0.05) is 19.4 Å².